The topological polar surface area (TPSA) is 61.8 Å². The predicted molar refractivity (Wildman–Crippen MR) is 109 cm³/mol. The van der Waals surface area contributed by atoms with Gasteiger partial charge in [0, 0.05) is 18.7 Å². The molecule has 0 fully saturated rings. The van der Waals surface area contributed by atoms with Crippen molar-refractivity contribution in [2.24, 2.45) is 0 Å². The van der Waals surface area contributed by atoms with Crippen LogP contribution in [0.5, 0.6) is 11.5 Å². The number of halogens is 1. The van der Waals surface area contributed by atoms with Gasteiger partial charge in [-0.1, -0.05) is 49.7 Å². The van der Waals surface area contributed by atoms with Crippen LogP contribution < -0.4 is 10.1 Å². The maximum absolute atomic E-state index is 12.6. The largest absolute Gasteiger partial charge is 0.503 e. The minimum Gasteiger partial charge on any atom is -0.503 e. The van der Waals surface area contributed by atoms with Crippen molar-refractivity contribution in [3.8, 4) is 11.5 Å². The number of hydrogen-bond donors (Lipinski definition) is 2. The highest BCUT2D eigenvalue weighted by atomic mass is 35.5. The first-order valence-electron chi connectivity index (χ1n) is 9.22. The number of phenols is 1. The average Bonchev–Trinajstić information content (AvgIpc) is 2.68. The second-order valence-corrected chi connectivity index (χ2v) is 6.56. The van der Waals surface area contributed by atoms with Crippen LogP contribution in [-0.4, -0.2) is 35.6 Å². The highest BCUT2D eigenvalue weighted by Crippen LogP contribution is 2.35. The average molecular weight is 391 g/mol. The van der Waals surface area contributed by atoms with E-state index < -0.39 is 0 Å². The molecule has 0 aliphatic heterocycles. The molecule has 2 aromatic carbocycles. The van der Waals surface area contributed by atoms with Gasteiger partial charge in [-0.15, -0.1) is 0 Å². The van der Waals surface area contributed by atoms with E-state index in [1.807, 2.05) is 18.2 Å². The highest BCUT2D eigenvalue weighted by Gasteiger charge is 2.15. The van der Waals surface area contributed by atoms with E-state index in [1.165, 1.54) is 17.7 Å². The molecule has 0 aliphatic carbocycles. The molecule has 2 N–H and O–H groups in total. The predicted octanol–water partition coefficient (Wildman–Crippen LogP) is 4.22. The number of aromatic hydroxyl groups is 1. The molecular formula is C21H27ClN2O3. The molecule has 0 unspecified atom stereocenters. The fourth-order valence-electron chi connectivity index (χ4n) is 2.82. The molecule has 0 bridgehead atoms. The molecule has 146 valence electrons. The maximum atomic E-state index is 12.6. The molecule has 0 spiro atoms. The van der Waals surface area contributed by atoms with E-state index >= 15 is 0 Å². The lowest BCUT2D eigenvalue weighted by Gasteiger charge is -2.20. The van der Waals surface area contributed by atoms with Gasteiger partial charge in [0.1, 0.15) is 0 Å². The van der Waals surface area contributed by atoms with Crippen molar-refractivity contribution in [3.05, 3.63) is 58.1 Å². The summed E-state index contributed by atoms with van der Waals surface area (Å²) in [7, 11) is 0. The molecule has 27 heavy (non-hydrogen) atoms. The van der Waals surface area contributed by atoms with Crippen LogP contribution in [0, 0.1) is 0 Å². The molecule has 0 saturated carbocycles. The van der Waals surface area contributed by atoms with Crippen molar-refractivity contribution >= 4 is 17.5 Å². The van der Waals surface area contributed by atoms with Crippen molar-refractivity contribution in [2.45, 2.75) is 33.9 Å². The van der Waals surface area contributed by atoms with Gasteiger partial charge in [-0.2, -0.15) is 0 Å². The standard InChI is InChI=1S/C21H27ClN2O3/c1-4-24(5-2)14-16-10-8-7-9-15(16)13-23-21(26)17-11-18(22)20(25)19(12-17)27-6-3/h7-12,25H,4-6,13-14H2,1-3H3,(H,23,26). The van der Waals surface area contributed by atoms with Crippen molar-refractivity contribution in [1.29, 1.82) is 0 Å². The van der Waals surface area contributed by atoms with Crippen LogP contribution >= 0.6 is 11.6 Å². The van der Waals surface area contributed by atoms with E-state index in [1.54, 1.807) is 6.92 Å². The van der Waals surface area contributed by atoms with E-state index in [0.29, 0.717) is 18.7 Å². The molecule has 1 amide bonds. The van der Waals surface area contributed by atoms with Gasteiger partial charge in [-0.3, -0.25) is 9.69 Å². The number of carbonyl (C=O) groups excluding carboxylic acids is 1. The number of nitrogens with zero attached hydrogens (tertiary/aromatic N) is 1. The number of ether oxygens (including phenoxy) is 1. The summed E-state index contributed by atoms with van der Waals surface area (Å²) in [5.41, 5.74) is 2.62. The van der Waals surface area contributed by atoms with E-state index in [9.17, 15) is 9.90 Å². The van der Waals surface area contributed by atoms with Crippen LogP contribution in [0.4, 0.5) is 0 Å². The summed E-state index contributed by atoms with van der Waals surface area (Å²) in [6.07, 6.45) is 0. The zero-order chi connectivity index (χ0) is 19.8. The van der Waals surface area contributed by atoms with Crippen LogP contribution in [0.15, 0.2) is 36.4 Å². The number of carbonyl (C=O) groups is 1. The number of amides is 1. The second-order valence-electron chi connectivity index (χ2n) is 6.15. The van der Waals surface area contributed by atoms with Gasteiger partial charge >= 0.3 is 0 Å². The Labute approximate surface area is 165 Å². The third kappa shape index (κ3) is 5.62. The first-order valence-corrected chi connectivity index (χ1v) is 9.60. The van der Waals surface area contributed by atoms with Crippen molar-refractivity contribution in [2.75, 3.05) is 19.7 Å². The Hall–Kier alpha value is -2.24. The fourth-order valence-corrected chi connectivity index (χ4v) is 3.03. The molecule has 0 aliphatic rings. The van der Waals surface area contributed by atoms with Crippen LogP contribution in [-0.2, 0) is 13.1 Å². The first-order chi connectivity index (χ1) is 13.0. The lowest BCUT2D eigenvalue weighted by molar-refractivity contribution is 0.0950. The molecule has 6 heteroatoms. The monoisotopic (exact) mass is 390 g/mol. The Morgan fingerprint density at radius 3 is 2.44 bits per heavy atom. The van der Waals surface area contributed by atoms with Crippen molar-refractivity contribution in [1.82, 2.24) is 10.2 Å². The second kappa shape index (κ2) is 10.2. The molecule has 0 saturated heterocycles. The Morgan fingerprint density at radius 1 is 1.15 bits per heavy atom. The van der Waals surface area contributed by atoms with E-state index in [0.717, 1.165) is 25.2 Å². The number of hydrogen-bond acceptors (Lipinski definition) is 4. The zero-order valence-corrected chi connectivity index (χ0v) is 16.8. The number of benzene rings is 2. The van der Waals surface area contributed by atoms with Gasteiger partial charge in [0.25, 0.3) is 5.91 Å². The molecule has 0 heterocycles. The lowest BCUT2D eigenvalue weighted by atomic mass is 10.1. The summed E-state index contributed by atoms with van der Waals surface area (Å²) in [5, 5.41) is 12.9. The molecule has 2 aromatic rings. The Bertz CT molecular complexity index is 776. The van der Waals surface area contributed by atoms with Gasteiger partial charge < -0.3 is 15.2 Å². The summed E-state index contributed by atoms with van der Waals surface area (Å²) in [6, 6.07) is 11.0. The summed E-state index contributed by atoms with van der Waals surface area (Å²) in [4.78, 5) is 14.9. The van der Waals surface area contributed by atoms with Gasteiger partial charge in [0.2, 0.25) is 0 Å². The minimum absolute atomic E-state index is 0.0908. The summed E-state index contributed by atoms with van der Waals surface area (Å²) < 4.78 is 5.34. The van der Waals surface area contributed by atoms with E-state index in [-0.39, 0.29) is 22.4 Å². The van der Waals surface area contributed by atoms with Crippen molar-refractivity contribution in [3.63, 3.8) is 0 Å². The fraction of sp³-hybridized carbons (Fsp3) is 0.381. The van der Waals surface area contributed by atoms with Crippen LogP contribution in [0.2, 0.25) is 5.02 Å². The lowest BCUT2D eigenvalue weighted by Crippen LogP contribution is -2.26. The van der Waals surface area contributed by atoms with Gasteiger partial charge in [0.05, 0.1) is 11.6 Å². The molecule has 0 aromatic heterocycles. The number of phenolic OH excluding ortho intramolecular Hbond substituents is 1. The minimum atomic E-state index is -0.268. The molecule has 0 radical (unpaired) electrons. The summed E-state index contributed by atoms with van der Waals surface area (Å²) in [5.74, 6) is -0.216. The van der Waals surface area contributed by atoms with Crippen LogP contribution in [0.25, 0.3) is 0 Å². The Balaban J connectivity index is 2.12. The Kier molecular flexibility index (Phi) is 7.95. The molecule has 0 atom stereocenters. The van der Waals surface area contributed by atoms with Crippen LogP contribution in [0.3, 0.4) is 0 Å². The molecule has 2 rings (SSSR count). The number of rotatable bonds is 9. The van der Waals surface area contributed by atoms with Gasteiger partial charge in [-0.05, 0) is 43.3 Å². The zero-order valence-electron chi connectivity index (χ0n) is 16.1. The summed E-state index contributed by atoms with van der Waals surface area (Å²) in [6.45, 7) is 9.65. The third-order valence-corrected chi connectivity index (χ3v) is 4.72. The van der Waals surface area contributed by atoms with Gasteiger partial charge in [-0.25, -0.2) is 0 Å². The maximum Gasteiger partial charge on any atom is 0.251 e. The molecule has 5 nitrogen and oxygen atoms in total. The van der Waals surface area contributed by atoms with E-state index in [4.69, 9.17) is 16.3 Å². The smallest absolute Gasteiger partial charge is 0.251 e. The highest BCUT2D eigenvalue weighted by molar-refractivity contribution is 6.32. The summed E-state index contributed by atoms with van der Waals surface area (Å²) >= 11 is 6.01. The van der Waals surface area contributed by atoms with Gasteiger partial charge in [0.15, 0.2) is 11.5 Å². The quantitative estimate of drug-likeness (QED) is 0.673. The number of nitrogens with one attached hydrogen (secondary N) is 1. The molecular weight excluding hydrogens is 364 g/mol. The normalized spacial score (nSPS) is 10.9. The van der Waals surface area contributed by atoms with Crippen molar-refractivity contribution < 1.29 is 14.6 Å². The van der Waals surface area contributed by atoms with Crippen LogP contribution in [0.1, 0.15) is 42.3 Å². The van der Waals surface area contributed by atoms with E-state index in [2.05, 4.69) is 30.1 Å². The SMILES string of the molecule is CCOc1cc(C(=O)NCc2ccccc2CN(CC)CC)cc(Cl)c1O. The third-order valence-electron chi connectivity index (χ3n) is 4.44. The Morgan fingerprint density at radius 2 is 1.81 bits per heavy atom. The first kappa shape index (κ1) is 21.1.